The number of hydrogen-bond acceptors (Lipinski definition) is 3. The summed E-state index contributed by atoms with van der Waals surface area (Å²) in [5.41, 5.74) is -1.32. The maximum absolute atomic E-state index is 14.7. The Morgan fingerprint density at radius 3 is 2.35 bits per heavy atom. The number of ether oxygens (including phenoxy) is 3. The molecule has 132 valence electrons. The Kier molecular flexibility index (Phi) is 9.10. The zero-order chi connectivity index (χ0) is 17.3. The first-order chi connectivity index (χ1) is 11.1. The van der Waals surface area contributed by atoms with E-state index in [4.69, 9.17) is 14.2 Å². The average Bonchev–Trinajstić information content (AvgIpc) is 2.62. The molecule has 23 heavy (non-hydrogen) atoms. The molecule has 1 saturated heterocycles. The molecule has 0 aromatic heterocycles. The zero-order valence-electron chi connectivity index (χ0n) is 14.5. The van der Waals surface area contributed by atoms with Crippen molar-refractivity contribution in [3.05, 3.63) is 28.7 Å². The smallest absolute Gasteiger partial charge is 0.138 e. The van der Waals surface area contributed by atoms with E-state index in [0.29, 0.717) is 32.7 Å². The summed E-state index contributed by atoms with van der Waals surface area (Å²) in [6.45, 7) is 8.80. The summed E-state index contributed by atoms with van der Waals surface area (Å²) >= 11 is 3.38. The molecule has 2 rings (SSSR count). The number of hydrogen-bond donors (Lipinski definition) is 0. The highest BCUT2D eigenvalue weighted by molar-refractivity contribution is 9.10. The first-order valence-electron chi connectivity index (χ1n) is 8.38. The Balaban J connectivity index is 0.00000127. The summed E-state index contributed by atoms with van der Waals surface area (Å²) < 4.78 is 32.7. The summed E-state index contributed by atoms with van der Waals surface area (Å²) in [7, 11) is 0. The van der Waals surface area contributed by atoms with Gasteiger partial charge in [0.05, 0.1) is 13.2 Å². The molecule has 0 saturated carbocycles. The SMILES string of the molecule is CC.CCC(F)(CC)C1COCC(COc2ccc(Br)cc2)O1. The molecule has 1 aliphatic rings. The second-order valence-corrected chi connectivity index (χ2v) is 6.21. The van der Waals surface area contributed by atoms with Gasteiger partial charge in [-0.2, -0.15) is 0 Å². The van der Waals surface area contributed by atoms with Crippen LogP contribution in [-0.4, -0.2) is 37.7 Å². The minimum absolute atomic E-state index is 0.236. The summed E-state index contributed by atoms with van der Waals surface area (Å²) in [5, 5.41) is 0. The Morgan fingerprint density at radius 2 is 1.78 bits per heavy atom. The lowest BCUT2D eigenvalue weighted by Crippen LogP contribution is -2.50. The van der Waals surface area contributed by atoms with Crippen LogP contribution in [0.3, 0.4) is 0 Å². The van der Waals surface area contributed by atoms with E-state index < -0.39 is 11.8 Å². The van der Waals surface area contributed by atoms with Crippen molar-refractivity contribution in [2.24, 2.45) is 0 Å². The minimum atomic E-state index is -1.32. The lowest BCUT2D eigenvalue weighted by atomic mass is 9.92. The number of halogens is 2. The highest BCUT2D eigenvalue weighted by atomic mass is 79.9. The Bertz CT molecular complexity index is 434. The fraction of sp³-hybridized carbons (Fsp3) is 0.667. The normalized spacial score (nSPS) is 21.3. The molecule has 0 spiro atoms. The van der Waals surface area contributed by atoms with Crippen LogP contribution in [0.2, 0.25) is 0 Å². The molecule has 0 N–H and O–H groups in total. The van der Waals surface area contributed by atoms with Crippen LogP contribution in [0.4, 0.5) is 4.39 Å². The summed E-state index contributed by atoms with van der Waals surface area (Å²) in [4.78, 5) is 0. The molecule has 2 unspecified atom stereocenters. The van der Waals surface area contributed by atoms with E-state index in [2.05, 4.69) is 15.9 Å². The summed E-state index contributed by atoms with van der Waals surface area (Å²) in [6.07, 6.45) is 0.107. The largest absolute Gasteiger partial charge is 0.491 e. The van der Waals surface area contributed by atoms with Crippen LogP contribution in [0.25, 0.3) is 0 Å². The van der Waals surface area contributed by atoms with Gasteiger partial charge in [-0.05, 0) is 37.1 Å². The van der Waals surface area contributed by atoms with Gasteiger partial charge in [-0.15, -0.1) is 0 Å². The van der Waals surface area contributed by atoms with Crippen molar-refractivity contribution in [3.63, 3.8) is 0 Å². The van der Waals surface area contributed by atoms with E-state index in [1.807, 2.05) is 52.0 Å². The van der Waals surface area contributed by atoms with Crippen LogP contribution in [0.1, 0.15) is 40.5 Å². The predicted octanol–water partition coefficient (Wildman–Crippen LogP) is 5.17. The van der Waals surface area contributed by atoms with Crippen LogP contribution < -0.4 is 4.74 Å². The lowest BCUT2D eigenvalue weighted by Gasteiger charge is -2.38. The molecule has 2 atom stereocenters. The average molecular weight is 391 g/mol. The van der Waals surface area contributed by atoms with Gasteiger partial charge < -0.3 is 14.2 Å². The van der Waals surface area contributed by atoms with Gasteiger partial charge in [-0.25, -0.2) is 4.39 Å². The van der Waals surface area contributed by atoms with Crippen molar-refractivity contribution in [2.45, 2.75) is 58.4 Å². The van der Waals surface area contributed by atoms with E-state index in [1.54, 1.807) is 0 Å². The van der Waals surface area contributed by atoms with Crippen molar-refractivity contribution in [1.29, 1.82) is 0 Å². The molecule has 0 aliphatic carbocycles. The second kappa shape index (κ2) is 10.3. The highest BCUT2D eigenvalue weighted by Gasteiger charge is 2.40. The fourth-order valence-corrected chi connectivity index (χ4v) is 2.67. The summed E-state index contributed by atoms with van der Waals surface area (Å²) in [6, 6.07) is 7.58. The van der Waals surface area contributed by atoms with Gasteiger partial charge in [-0.1, -0.05) is 43.6 Å². The van der Waals surface area contributed by atoms with Crippen LogP contribution in [0, 0.1) is 0 Å². The topological polar surface area (TPSA) is 27.7 Å². The first-order valence-corrected chi connectivity index (χ1v) is 9.17. The fourth-order valence-electron chi connectivity index (χ4n) is 2.40. The first kappa shape index (κ1) is 20.4. The van der Waals surface area contributed by atoms with Gasteiger partial charge in [-0.3, -0.25) is 0 Å². The molecule has 1 aromatic carbocycles. The van der Waals surface area contributed by atoms with Crippen molar-refractivity contribution < 1.29 is 18.6 Å². The maximum atomic E-state index is 14.7. The van der Waals surface area contributed by atoms with E-state index in [0.717, 1.165) is 10.2 Å². The minimum Gasteiger partial charge on any atom is -0.491 e. The number of benzene rings is 1. The second-order valence-electron chi connectivity index (χ2n) is 5.29. The zero-order valence-corrected chi connectivity index (χ0v) is 16.1. The van der Waals surface area contributed by atoms with Gasteiger partial charge in [0.2, 0.25) is 0 Å². The van der Waals surface area contributed by atoms with Crippen molar-refractivity contribution in [2.75, 3.05) is 19.8 Å². The Hall–Kier alpha value is -0.650. The van der Waals surface area contributed by atoms with Crippen molar-refractivity contribution >= 4 is 15.9 Å². The number of rotatable bonds is 6. The third-order valence-electron chi connectivity index (χ3n) is 3.93. The van der Waals surface area contributed by atoms with E-state index in [1.165, 1.54) is 0 Å². The van der Waals surface area contributed by atoms with Gasteiger partial charge in [0.15, 0.2) is 0 Å². The van der Waals surface area contributed by atoms with Crippen LogP contribution in [-0.2, 0) is 9.47 Å². The van der Waals surface area contributed by atoms with Gasteiger partial charge in [0, 0.05) is 4.47 Å². The van der Waals surface area contributed by atoms with Gasteiger partial charge in [0.1, 0.15) is 30.2 Å². The predicted molar refractivity (Wildman–Crippen MR) is 94.9 cm³/mol. The molecule has 0 amide bonds. The lowest BCUT2D eigenvalue weighted by molar-refractivity contribution is -0.193. The molecular weight excluding hydrogens is 363 g/mol. The number of alkyl halides is 1. The summed E-state index contributed by atoms with van der Waals surface area (Å²) in [5.74, 6) is 0.765. The van der Waals surface area contributed by atoms with E-state index in [-0.39, 0.29) is 6.10 Å². The van der Waals surface area contributed by atoms with E-state index >= 15 is 0 Å². The monoisotopic (exact) mass is 390 g/mol. The molecular formula is C18H28BrFO3. The molecule has 1 aromatic rings. The van der Waals surface area contributed by atoms with E-state index in [9.17, 15) is 4.39 Å². The molecule has 1 aliphatic heterocycles. The van der Waals surface area contributed by atoms with Gasteiger partial charge >= 0.3 is 0 Å². The molecule has 1 heterocycles. The van der Waals surface area contributed by atoms with Crippen molar-refractivity contribution in [1.82, 2.24) is 0 Å². The Morgan fingerprint density at radius 1 is 1.17 bits per heavy atom. The molecule has 0 bridgehead atoms. The van der Waals surface area contributed by atoms with Gasteiger partial charge in [0.25, 0.3) is 0 Å². The quantitative estimate of drug-likeness (QED) is 0.670. The molecule has 1 fully saturated rings. The van der Waals surface area contributed by atoms with Crippen LogP contribution >= 0.6 is 15.9 Å². The van der Waals surface area contributed by atoms with Crippen LogP contribution in [0.5, 0.6) is 5.75 Å². The Labute approximate surface area is 147 Å². The standard InChI is InChI=1S/C16H22BrFO3.C2H6/c1-3-16(18,4-2)15-11-19-9-14(21-15)10-20-13-7-5-12(17)6-8-13;1-2/h5-8,14-15H,3-4,9-11H2,1-2H3;1-2H3. The molecule has 5 heteroatoms. The van der Waals surface area contributed by atoms with Crippen molar-refractivity contribution in [3.8, 4) is 5.75 Å². The van der Waals surface area contributed by atoms with Crippen LogP contribution in [0.15, 0.2) is 28.7 Å². The molecule has 0 radical (unpaired) electrons. The third kappa shape index (κ3) is 6.05. The molecule has 3 nitrogen and oxygen atoms in total. The highest BCUT2D eigenvalue weighted by Crippen LogP contribution is 2.30. The maximum Gasteiger partial charge on any atom is 0.138 e. The third-order valence-corrected chi connectivity index (χ3v) is 4.46.